The highest BCUT2D eigenvalue weighted by Gasteiger charge is 2.16. The van der Waals surface area contributed by atoms with Crippen molar-refractivity contribution in [3.05, 3.63) is 35.0 Å². The van der Waals surface area contributed by atoms with Gasteiger partial charge < -0.3 is 5.32 Å². The number of rotatable bonds is 6. The fourth-order valence-corrected chi connectivity index (χ4v) is 2.56. The maximum atomic E-state index is 4.66. The molecule has 1 N–H and O–H groups in total. The molecular weight excluding hydrogens is 262 g/mol. The van der Waals surface area contributed by atoms with Crippen LogP contribution >= 0.6 is 0 Å². The third-order valence-electron chi connectivity index (χ3n) is 3.74. The summed E-state index contributed by atoms with van der Waals surface area (Å²) in [5.74, 6) is 1.43. The Morgan fingerprint density at radius 3 is 2.67 bits per heavy atom. The molecule has 2 aromatic heterocycles. The van der Waals surface area contributed by atoms with Gasteiger partial charge in [-0.3, -0.25) is 0 Å². The van der Waals surface area contributed by atoms with E-state index in [1.54, 1.807) is 6.33 Å². The Morgan fingerprint density at radius 1 is 1.24 bits per heavy atom. The predicted octanol–water partition coefficient (Wildman–Crippen LogP) is 2.38. The van der Waals surface area contributed by atoms with E-state index in [0.29, 0.717) is 5.92 Å². The molecule has 0 amide bonds. The molecule has 0 fully saturated rings. The molecule has 114 valence electrons. The summed E-state index contributed by atoms with van der Waals surface area (Å²) in [6, 6.07) is 1.96. The van der Waals surface area contributed by atoms with Crippen molar-refractivity contribution in [1.29, 1.82) is 0 Å². The van der Waals surface area contributed by atoms with Gasteiger partial charge in [-0.1, -0.05) is 13.8 Å². The zero-order chi connectivity index (χ0) is 15.4. The number of aromatic nitrogens is 4. The van der Waals surface area contributed by atoms with Crippen LogP contribution in [0, 0.1) is 26.7 Å². The molecule has 5 heteroatoms. The Labute approximate surface area is 126 Å². The molecule has 0 aliphatic carbocycles. The van der Waals surface area contributed by atoms with Crippen LogP contribution in [0.4, 0.5) is 0 Å². The van der Waals surface area contributed by atoms with Crippen molar-refractivity contribution >= 4 is 0 Å². The number of nitrogens with zero attached hydrogens (tertiary/aromatic N) is 4. The Kier molecular flexibility index (Phi) is 5.07. The first-order valence-corrected chi connectivity index (χ1v) is 7.57. The maximum absolute atomic E-state index is 4.66. The molecule has 0 radical (unpaired) electrons. The van der Waals surface area contributed by atoms with Gasteiger partial charge in [0.1, 0.15) is 6.33 Å². The van der Waals surface area contributed by atoms with E-state index in [0.717, 1.165) is 36.7 Å². The predicted molar refractivity (Wildman–Crippen MR) is 84.8 cm³/mol. The first-order chi connectivity index (χ1) is 10.0. The highest BCUT2D eigenvalue weighted by Crippen LogP contribution is 2.20. The van der Waals surface area contributed by atoms with Gasteiger partial charge in [0, 0.05) is 17.5 Å². The number of aryl methyl sites for hydroxylation is 2. The van der Waals surface area contributed by atoms with Gasteiger partial charge in [-0.05, 0) is 51.8 Å². The molecule has 1 atom stereocenters. The fraction of sp³-hybridized carbons (Fsp3) is 0.562. The molecule has 0 aliphatic heterocycles. The van der Waals surface area contributed by atoms with Gasteiger partial charge in [-0.15, -0.1) is 0 Å². The minimum absolute atomic E-state index is 0.590. The van der Waals surface area contributed by atoms with Gasteiger partial charge >= 0.3 is 0 Å². The van der Waals surface area contributed by atoms with E-state index in [1.807, 2.05) is 17.7 Å². The molecule has 0 saturated heterocycles. The molecule has 5 nitrogen and oxygen atoms in total. The molecule has 21 heavy (non-hydrogen) atoms. The summed E-state index contributed by atoms with van der Waals surface area (Å²) in [6.45, 7) is 12.6. The van der Waals surface area contributed by atoms with Crippen molar-refractivity contribution in [3.63, 3.8) is 0 Å². The van der Waals surface area contributed by atoms with Crippen LogP contribution in [-0.4, -0.2) is 32.8 Å². The minimum atomic E-state index is 0.590. The van der Waals surface area contributed by atoms with Crippen LogP contribution in [0.3, 0.4) is 0 Å². The Balaban J connectivity index is 2.25. The van der Waals surface area contributed by atoms with Crippen molar-refractivity contribution in [2.75, 3.05) is 13.1 Å². The Morgan fingerprint density at radius 2 is 2.00 bits per heavy atom. The molecule has 0 aromatic carbocycles. The standard InChI is InChI=1S/C16H25N5/c1-6-17-9-11(2)7-15-13(4)20-21(14(15)5)16-8-12(3)18-10-19-16/h8,10-11,17H,6-7,9H2,1-5H3. The van der Waals surface area contributed by atoms with E-state index >= 15 is 0 Å². The highest BCUT2D eigenvalue weighted by atomic mass is 15.3. The van der Waals surface area contributed by atoms with Crippen LogP contribution in [0.2, 0.25) is 0 Å². The van der Waals surface area contributed by atoms with E-state index in [2.05, 4.69) is 48.1 Å². The summed E-state index contributed by atoms with van der Waals surface area (Å²) in [4.78, 5) is 8.48. The minimum Gasteiger partial charge on any atom is -0.317 e. The Hall–Kier alpha value is -1.75. The zero-order valence-corrected chi connectivity index (χ0v) is 13.6. The second-order valence-corrected chi connectivity index (χ2v) is 5.70. The summed E-state index contributed by atoms with van der Waals surface area (Å²) in [6.07, 6.45) is 2.63. The van der Waals surface area contributed by atoms with E-state index in [1.165, 1.54) is 11.3 Å². The van der Waals surface area contributed by atoms with Gasteiger partial charge in [-0.2, -0.15) is 5.10 Å². The largest absolute Gasteiger partial charge is 0.317 e. The van der Waals surface area contributed by atoms with Gasteiger partial charge in [0.05, 0.1) is 5.69 Å². The molecule has 0 bridgehead atoms. The average molecular weight is 287 g/mol. The lowest BCUT2D eigenvalue weighted by Crippen LogP contribution is -2.22. The van der Waals surface area contributed by atoms with E-state index in [4.69, 9.17) is 0 Å². The van der Waals surface area contributed by atoms with Gasteiger partial charge in [0.25, 0.3) is 0 Å². The monoisotopic (exact) mass is 287 g/mol. The van der Waals surface area contributed by atoms with Gasteiger partial charge in [-0.25, -0.2) is 14.6 Å². The molecule has 2 rings (SSSR count). The van der Waals surface area contributed by atoms with Crippen LogP contribution in [0.5, 0.6) is 0 Å². The summed E-state index contributed by atoms with van der Waals surface area (Å²) in [5, 5.41) is 8.07. The molecule has 2 heterocycles. The number of hydrogen-bond acceptors (Lipinski definition) is 4. The van der Waals surface area contributed by atoms with Crippen LogP contribution in [0.1, 0.15) is 36.5 Å². The molecule has 0 aliphatic rings. The second kappa shape index (κ2) is 6.80. The lowest BCUT2D eigenvalue weighted by atomic mass is 9.99. The first-order valence-electron chi connectivity index (χ1n) is 7.57. The lowest BCUT2D eigenvalue weighted by molar-refractivity contribution is 0.519. The van der Waals surface area contributed by atoms with Crippen molar-refractivity contribution < 1.29 is 0 Å². The summed E-state index contributed by atoms with van der Waals surface area (Å²) in [5.41, 5.74) is 4.55. The highest BCUT2D eigenvalue weighted by molar-refractivity contribution is 5.33. The smallest absolute Gasteiger partial charge is 0.157 e. The average Bonchev–Trinajstić information content (AvgIpc) is 2.73. The summed E-state index contributed by atoms with van der Waals surface area (Å²) in [7, 11) is 0. The Bertz CT molecular complexity index is 603. The lowest BCUT2D eigenvalue weighted by Gasteiger charge is -2.12. The van der Waals surface area contributed by atoms with Crippen LogP contribution in [0.25, 0.3) is 5.82 Å². The fourth-order valence-electron chi connectivity index (χ4n) is 2.56. The molecule has 0 spiro atoms. The maximum Gasteiger partial charge on any atom is 0.157 e. The second-order valence-electron chi connectivity index (χ2n) is 5.70. The van der Waals surface area contributed by atoms with Gasteiger partial charge in [0.15, 0.2) is 5.82 Å². The SMILES string of the molecule is CCNCC(C)Cc1c(C)nn(-c2cc(C)ncn2)c1C. The van der Waals surface area contributed by atoms with Crippen molar-refractivity contribution in [2.24, 2.45) is 5.92 Å². The summed E-state index contributed by atoms with van der Waals surface area (Å²) >= 11 is 0. The quantitative estimate of drug-likeness (QED) is 0.886. The summed E-state index contributed by atoms with van der Waals surface area (Å²) < 4.78 is 1.93. The molecule has 2 aromatic rings. The van der Waals surface area contributed by atoms with Crippen LogP contribution in [0.15, 0.2) is 12.4 Å². The normalized spacial score (nSPS) is 12.6. The molecule has 0 saturated carbocycles. The van der Waals surface area contributed by atoms with Crippen LogP contribution in [-0.2, 0) is 6.42 Å². The van der Waals surface area contributed by atoms with Crippen molar-refractivity contribution in [2.45, 2.75) is 41.0 Å². The van der Waals surface area contributed by atoms with E-state index < -0.39 is 0 Å². The number of nitrogens with one attached hydrogen (secondary N) is 1. The van der Waals surface area contributed by atoms with Crippen LogP contribution < -0.4 is 5.32 Å². The van der Waals surface area contributed by atoms with Gasteiger partial charge in [0.2, 0.25) is 0 Å². The number of hydrogen-bond donors (Lipinski definition) is 1. The van der Waals surface area contributed by atoms with Crippen molar-refractivity contribution in [1.82, 2.24) is 25.1 Å². The van der Waals surface area contributed by atoms with Crippen molar-refractivity contribution in [3.8, 4) is 5.82 Å². The molecular formula is C16H25N5. The third kappa shape index (κ3) is 3.67. The topological polar surface area (TPSA) is 55.6 Å². The first kappa shape index (κ1) is 15.6. The zero-order valence-electron chi connectivity index (χ0n) is 13.6. The van der Waals surface area contributed by atoms with E-state index in [9.17, 15) is 0 Å². The van der Waals surface area contributed by atoms with E-state index in [-0.39, 0.29) is 0 Å². The molecule has 1 unspecified atom stereocenters. The third-order valence-corrected chi connectivity index (χ3v) is 3.74.